The van der Waals surface area contributed by atoms with Gasteiger partial charge in [-0.25, -0.2) is 0 Å². The van der Waals surface area contributed by atoms with Gasteiger partial charge >= 0.3 is 5.97 Å². The van der Waals surface area contributed by atoms with Crippen LogP contribution in [0.4, 0.5) is 0 Å². The summed E-state index contributed by atoms with van der Waals surface area (Å²) in [5, 5.41) is 26.3. The van der Waals surface area contributed by atoms with Crippen LogP contribution in [0.2, 0.25) is 0 Å². The standard InChI is InChI=1S/C52H68N6O13S2/c1-9-14-38(54-46(62)39(26-32-19-21-33(22-20-32)30-73(67,68)69)55-45(61)36-25-31(2)41(70-7)28-42(36)71-8)49(65)58-24-13-23-52(58,6)50(66)56-40(27-34-29-72-43-17-11-10-15-35(34)43)47(63)53-37(16-12-18-44(59)60)48(64)57-51(3,4)5/h10-11,15,17,19-22,25,28-29,37-40H,9,12-14,16,18,23-24,26-27,30H2,1-8H3,(H,53,63)(H,54,62)(H,55,61)(H,56,66)(H,57,64)(H,59,60)(H,67,68,69)/t37-,38-,39-,40-,52-/m0/s1. The number of carbonyl (C=O) groups is 7. The molecule has 0 saturated carbocycles. The predicted molar refractivity (Wildman–Crippen MR) is 276 cm³/mol. The quantitative estimate of drug-likeness (QED) is 0.0456. The first-order valence-corrected chi connectivity index (χ1v) is 26.6. The zero-order valence-electron chi connectivity index (χ0n) is 42.6. The molecule has 0 unspecified atom stereocenters. The Morgan fingerprint density at radius 2 is 1.44 bits per heavy atom. The number of benzene rings is 3. The zero-order chi connectivity index (χ0) is 53.8. The lowest BCUT2D eigenvalue weighted by Crippen LogP contribution is -2.63. The molecule has 7 N–H and O–H groups in total. The van der Waals surface area contributed by atoms with Gasteiger partial charge in [-0.3, -0.25) is 38.1 Å². The number of carboxylic acid groups (broad SMARTS) is 1. The van der Waals surface area contributed by atoms with Crippen LogP contribution in [-0.2, 0) is 57.5 Å². The van der Waals surface area contributed by atoms with Gasteiger partial charge in [-0.1, -0.05) is 55.8 Å². The maximum absolute atomic E-state index is 14.8. The van der Waals surface area contributed by atoms with Crippen molar-refractivity contribution in [3.8, 4) is 11.5 Å². The van der Waals surface area contributed by atoms with Crippen molar-refractivity contribution in [1.82, 2.24) is 31.5 Å². The molecule has 5 atom stereocenters. The van der Waals surface area contributed by atoms with Crippen molar-refractivity contribution < 1.29 is 61.1 Å². The summed E-state index contributed by atoms with van der Waals surface area (Å²) < 4.78 is 44.3. The van der Waals surface area contributed by atoms with Gasteiger partial charge in [-0.2, -0.15) is 8.42 Å². The minimum Gasteiger partial charge on any atom is -0.496 e. The Bertz CT molecular complexity index is 2770. The molecule has 0 radical (unpaired) electrons. The number of thiophene rings is 1. The van der Waals surface area contributed by atoms with Gasteiger partial charge < -0.3 is 46.1 Å². The highest BCUT2D eigenvalue weighted by Gasteiger charge is 2.48. The summed E-state index contributed by atoms with van der Waals surface area (Å²) >= 11 is 1.46. The second-order valence-corrected chi connectivity index (χ2v) is 21.9. The number of amides is 6. The highest BCUT2D eigenvalue weighted by Crippen LogP contribution is 2.33. The molecule has 6 amide bonds. The van der Waals surface area contributed by atoms with E-state index in [-0.39, 0.29) is 68.4 Å². The molecule has 0 aliphatic carbocycles. The fraction of sp³-hybridized carbons (Fsp3) is 0.481. The third-order valence-electron chi connectivity index (χ3n) is 12.6. The minimum absolute atomic E-state index is 0.00967. The molecule has 19 nitrogen and oxygen atoms in total. The highest BCUT2D eigenvalue weighted by atomic mass is 32.2. The largest absolute Gasteiger partial charge is 0.496 e. The molecule has 1 aliphatic heterocycles. The molecule has 0 bridgehead atoms. The molecule has 5 rings (SSSR count). The van der Waals surface area contributed by atoms with Crippen molar-refractivity contribution in [3.05, 3.63) is 93.9 Å². The van der Waals surface area contributed by atoms with Crippen LogP contribution >= 0.6 is 11.3 Å². The molecule has 1 fully saturated rings. The number of methoxy groups -OCH3 is 2. The monoisotopic (exact) mass is 1050 g/mol. The van der Waals surface area contributed by atoms with Crippen LogP contribution in [0.3, 0.4) is 0 Å². The predicted octanol–water partition coefficient (Wildman–Crippen LogP) is 5.00. The smallest absolute Gasteiger partial charge is 0.303 e. The van der Waals surface area contributed by atoms with Crippen LogP contribution in [0.5, 0.6) is 11.5 Å². The van der Waals surface area contributed by atoms with Crippen LogP contribution in [0, 0.1) is 6.92 Å². The summed E-state index contributed by atoms with van der Waals surface area (Å²) in [6, 6.07) is 11.9. The van der Waals surface area contributed by atoms with Gasteiger partial charge in [0.25, 0.3) is 16.0 Å². The minimum atomic E-state index is -4.33. The second kappa shape index (κ2) is 24.9. The average molecular weight is 1050 g/mol. The maximum atomic E-state index is 14.8. The number of carboxylic acids is 1. The molecule has 396 valence electrons. The Balaban J connectivity index is 1.43. The number of rotatable bonds is 24. The number of fused-ring (bicyclic) bond motifs is 1. The number of ether oxygens (including phenoxy) is 2. The first-order valence-electron chi connectivity index (χ1n) is 24.1. The molecule has 3 aromatic carbocycles. The number of hydrogen-bond acceptors (Lipinski definition) is 12. The number of nitrogens with zero attached hydrogens (tertiary/aromatic N) is 1. The number of aryl methyl sites for hydroxylation is 1. The van der Waals surface area contributed by atoms with Crippen molar-refractivity contribution in [2.24, 2.45) is 0 Å². The topological polar surface area (TPSA) is 276 Å². The van der Waals surface area contributed by atoms with Gasteiger partial charge in [0.1, 0.15) is 47.0 Å². The Morgan fingerprint density at radius 1 is 0.808 bits per heavy atom. The molecule has 1 aliphatic rings. The fourth-order valence-electron chi connectivity index (χ4n) is 8.85. The van der Waals surface area contributed by atoms with Crippen LogP contribution < -0.4 is 36.1 Å². The number of likely N-dealkylation sites (tertiary alicyclic amines) is 1. The van der Waals surface area contributed by atoms with Crippen LogP contribution in [0.1, 0.15) is 112 Å². The van der Waals surface area contributed by atoms with Crippen molar-refractivity contribution in [2.45, 2.75) is 140 Å². The molecule has 0 spiro atoms. The summed E-state index contributed by atoms with van der Waals surface area (Å²) in [6.45, 7) is 10.6. The highest BCUT2D eigenvalue weighted by molar-refractivity contribution is 7.85. The van der Waals surface area contributed by atoms with Gasteiger partial charge in [0.2, 0.25) is 29.5 Å². The van der Waals surface area contributed by atoms with Crippen LogP contribution in [0.15, 0.2) is 66.0 Å². The lowest BCUT2D eigenvalue weighted by molar-refractivity contribution is -0.147. The van der Waals surface area contributed by atoms with Crippen molar-refractivity contribution >= 4 is 73.0 Å². The summed E-state index contributed by atoms with van der Waals surface area (Å²) in [5.41, 5.74) is 0.0667. The maximum Gasteiger partial charge on any atom is 0.303 e. The average Bonchev–Trinajstić information content (AvgIpc) is 3.93. The third kappa shape index (κ3) is 15.7. The number of carbonyl (C=O) groups excluding carboxylic acids is 6. The molecule has 1 aromatic heterocycles. The number of aliphatic carboxylic acids is 1. The Kier molecular flexibility index (Phi) is 19.6. The van der Waals surface area contributed by atoms with Crippen LogP contribution in [0.25, 0.3) is 10.1 Å². The van der Waals surface area contributed by atoms with Gasteiger partial charge in [0, 0.05) is 42.1 Å². The number of nitrogens with one attached hydrogen (secondary N) is 5. The third-order valence-corrected chi connectivity index (χ3v) is 14.3. The van der Waals surface area contributed by atoms with E-state index in [0.29, 0.717) is 29.7 Å². The molecule has 4 aromatic rings. The van der Waals surface area contributed by atoms with E-state index in [0.717, 1.165) is 15.6 Å². The first-order chi connectivity index (χ1) is 34.4. The zero-order valence-corrected chi connectivity index (χ0v) is 44.2. The lowest BCUT2D eigenvalue weighted by atomic mass is 9.94. The molecule has 21 heteroatoms. The molecular weight excluding hydrogens is 981 g/mol. The second-order valence-electron chi connectivity index (χ2n) is 19.6. The van der Waals surface area contributed by atoms with E-state index in [1.165, 1.54) is 42.6 Å². The summed E-state index contributed by atoms with van der Waals surface area (Å²) in [7, 11) is -1.48. The Hall–Kier alpha value is -6.58. The van der Waals surface area contributed by atoms with E-state index in [1.807, 2.05) is 36.6 Å². The summed E-state index contributed by atoms with van der Waals surface area (Å²) in [4.78, 5) is 99.0. The molecule has 73 heavy (non-hydrogen) atoms. The SMILES string of the molecule is CCC[C@H](NC(=O)[C@H](Cc1ccc(CS(=O)(=O)O)cc1)NC(=O)c1cc(C)c(OC)cc1OC)C(=O)N1CCC[C@@]1(C)C(=O)N[C@@H](Cc1csc2ccccc12)C(=O)N[C@@H](CCCC(=O)O)C(=O)NC(C)(C)C. The van der Waals surface area contributed by atoms with Crippen molar-refractivity contribution in [2.75, 3.05) is 20.8 Å². The molecular formula is C52H68N6O13S2. The van der Waals surface area contributed by atoms with Gasteiger partial charge in [0.15, 0.2) is 0 Å². The van der Waals surface area contributed by atoms with E-state index in [4.69, 9.17) is 9.47 Å². The van der Waals surface area contributed by atoms with Gasteiger partial charge in [-0.15, -0.1) is 11.3 Å². The first kappa shape index (κ1) is 57.3. The van der Waals surface area contributed by atoms with E-state index in [2.05, 4.69) is 26.6 Å². The van der Waals surface area contributed by atoms with Crippen LogP contribution in [-0.4, -0.2) is 120 Å². The van der Waals surface area contributed by atoms with Gasteiger partial charge in [-0.05, 0) is 112 Å². The van der Waals surface area contributed by atoms with Crippen molar-refractivity contribution in [3.63, 3.8) is 0 Å². The molecule has 1 saturated heterocycles. The lowest BCUT2D eigenvalue weighted by Gasteiger charge is -2.37. The Morgan fingerprint density at radius 3 is 2.05 bits per heavy atom. The van der Waals surface area contributed by atoms with Crippen molar-refractivity contribution in [1.29, 1.82) is 0 Å². The van der Waals surface area contributed by atoms with E-state index >= 15 is 0 Å². The normalized spacial score (nSPS) is 16.4. The molecule has 2 heterocycles. The fourth-order valence-corrected chi connectivity index (χ4v) is 10.4. The van der Waals surface area contributed by atoms with E-state index in [9.17, 15) is 51.6 Å². The summed E-state index contributed by atoms with van der Waals surface area (Å²) in [6.07, 6.45) is 0.945. The van der Waals surface area contributed by atoms with Gasteiger partial charge in [0.05, 0.1) is 19.8 Å². The summed E-state index contributed by atoms with van der Waals surface area (Å²) in [5.74, 6) is -4.89. The Labute approximate surface area is 430 Å². The number of hydrogen-bond donors (Lipinski definition) is 7. The van der Waals surface area contributed by atoms with E-state index in [1.54, 1.807) is 58.9 Å². The van der Waals surface area contributed by atoms with E-state index < -0.39 is 92.5 Å².